The van der Waals surface area contributed by atoms with Crippen molar-refractivity contribution in [1.82, 2.24) is 59.5 Å². The first kappa shape index (κ1) is 90.7. The number of anilines is 12. The predicted octanol–water partition coefficient (Wildman–Crippen LogP) is 17.0. The average molecular weight is 1750 g/mol. The minimum Gasteiger partial charge on any atom is -0.497 e. The van der Waals surface area contributed by atoms with Crippen LogP contribution in [0.3, 0.4) is 0 Å². The Bertz CT molecular complexity index is 5260. The van der Waals surface area contributed by atoms with Gasteiger partial charge in [-0.3, -0.25) is 0 Å². The third-order valence-corrected chi connectivity index (χ3v) is 23.2. The maximum atomic E-state index is 6.38. The molecule has 4 aromatic heterocycles. The van der Waals surface area contributed by atoms with E-state index in [2.05, 4.69) is 221 Å². The third kappa shape index (κ3) is 26.3. The molecule has 0 atom stereocenters. The summed E-state index contributed by atoms with van der Waals surface area (Å²) in [5.41, 5.74) is 17.4. The maximum absolute atomic E-state index is 6.38. The molecule has 16 rings (SSSR count). The van der Waals surface area contributed by atoms with Gasteiger partial charge >= 0.3 is 0 Å². The van der Waals surface area contributed by atoms with Crippen LogP contribution >= 0.6 is 34.8 Å². The highest BCUT2D eigenvalue weighted by molar-refractivity contribution is 6.31. The fraction of sp³-hybridized carbons (Fsp3) is 0.333. The molecule has 4 saturated heterocycles. The number of aromatic nitrogens is 8. The molecule has 8 aromatic carbocycles. The van der Waals surface area contributed by atoms with Crippen LogP contribution in [0.25, 0.3) is 0 Å². The summed E-state index contributed by atoms with van der Waals surface area (Å²) in [7, 11) is 16.9. The zero-order valence-corrected chi connectivity index (χ0v) is 75.5. The Balaban J connectivity index is 0.000000143. The second-order valence-electron chi connectivity index (χ2n) is 31.2. The summed E-state index contributed by atoms with van der Waals surface area (Å²) < 4.78 is 32.4. The molecule has 125 heavy (non-hydrogen) atoms. The van der Waals surface area contributed by atoms with E-state index in [-0.39, 0.29) is 0 Å². The van der Waals surface area contributed by atoms with Gasteiger partial charge < -0.3 is 88.9 Å². The molecule has 8 heterocycles. The molecule has 0 aliphatic carbocycles. The molecule has 0 amide bonds. The van der Waals surface area contributed by atoms with E-state index in [1.165, 1.54) is 22.7 Å². The predicted molar refractivity (Wildman–Crippen MR) is 507 cm³/mol. The smallest absolute Gasteiger partial charge is 0.227 e. The van der Waals surface area contributed by atoms with Crippen LogP contribution in [0.2, 0.25) is 15.1 Å². The maximum Gasteiger partial charge on any atom is 0.227 e. The van der Waals surface area contributed by atoms with Gasteiger partial charge in [0.15, 0.2) is 23.0 Å². The lowest BCUT2D eigenvalue weighted by molar-refractivity contribution is 0.313. The quantitative estimate of drug-likeness (QED) is 0.0375. The topological polar surface area (TPSA) is 233 Å². The molecule has 654 valence electrons. The molecule has 4 aliphatic heterocycles. The Hall–Kier alpha value is -12.0. The molecule has 29 heteroatoms. The van der Waals surface area contributed by atoms with E-state index < -0.39 is 0 Å². The van der Waals surface area contributed by atoms with Gasteiger partial charge in [0.1, 0.15) is 11.5 Å². The van der Waals surface area contributed by atoms with E-state index in [4.69, 9.17) is 68.2 Å². The molecular weight excluding hydrogens is 1640 g/mol. The fourth-order valence-corrected chi connectivity index (χ4v) is 15.2. The summed E-state index contributed by atoms with van der Waals surface area (Å²) in [5, 5.41) is 14.8. The van der Waals surface area contributed by atoms with Crippen LogP contribution in [-0.4, -0.2) is 235 Å². The molecule has 0 saturated carbocycles. The number of rotatable bonds is 27. The Morgan fingerprint density at radius 1 is 0.304 bits per heavy atom. The summed E-state index contributed by atoms with van der Waals surface area (Å²) in [5.74, 6) is 6.64. The zero-order valence-electron chi connectivity index (χ0n) is 73.2. The van der Waals surface area contributed by atoms with Gasteiger partial charge in [0, 0.05) is 182 Å². The van der Waals surface area contributed by atoms with E-state index in [1.54, 1.807) is 54.1 Å². The van der Waals surface area contributed by atoms with Gasteiger partial charge in [-0.05, 0) is 215 Å². The van der Waals surface area contributed by atoms with E-state index in [0.29, 0.717) is 82.7 Å². The molecule has 26 nitrogen and oxygen atoms in total. The van der Waals surface area contributed by atoms with Crippen molar-refractivity contribution in [3.63, 3.8) is 0 Å². The van der Waals surface area contributed by atoms with E-state index in [9.17, 15) is 0 Å². The Kier molecular flexibility index (Phi) is 32.7. The van der Waals surface area contributed by atoms with Gasteiger partial charge in [0.2, 0.25) is 23.8 Å². The Labute approximate surface area is 749 Å². The second-order valence-corrected chi connectivity index (χ2v) is 32.4. The number of piperazine rings is 4. The normalized spacial score (nSPS) is 14.4. The van der Waals surface area contributed by atoms with Gasteiger partial charge in [-0.15, -0.1) is 0 Å². The van der Waals surface area contributed by atoms with Crippen LogP contribution < -0.4 is 69.3 Å². The van der Waals surface area contributed by atoms with Crippen molar-refractivity contribution in [2.75, 3.05) is 216 Å². The first-order chi connectivity index (χ1) is 60.8. The van der Waals surface area contributed by atoms with Crippen LogP contribution in [0.1, 0.15) is 57.5 Å². The number of aryl methyl sites for hydroxylation is 1. The third-order valence-electron chi connectivity index (χ3n) is 22.2. The summed E-state index contributed by atoms with van der Waals surface area (Å²) in [6.45, 7) is 21.8. The number of nitrogens with one attached hydrogen (secondary N) is 4. The van der Waals surface area contributed by atoms with E-state index in [1.807, 2.05) is 105 Å². The summed E-state index contributed by atoms with van der Waals surface area (Å²) in [6, 6.07) is 61.3. The van der Waals surface area contributed by atoms with E-state index >= 15 is 0 Å². The van der Waals surface area contributed by atoms with Crippen LogP contribution in [0, 0.1) is 6.92 Å². The SMILES string of the molecule is CCOc1cccc(Cc2nc(Nc3ccc(N4CCN(C)CC4)cc3)ncc2Cl)c1.COc1ccc(Cc2nc(Nc3ccc(N4CCN(C)CC4)cc3)ncc2C)cc1OC.COc1ccc(Cc2nc(Nc3ccc(N4CCN(C)CC4)cc3)ncc2Cl)cc1OC.COc1cccc(Cc2nc(Nc3ccc(N4CCN(C)CC4)cc3)ncc2Cl)c1. The van der Waals surface area contributed by atoms with Gasteiger partial charge in [-0.2, -0.15) is 0 Å². The standard InChI is InChI=1S/C25H31N5O2.C24H28ClN5O2.C24H28ClN5O.C23H26ClN5O/c1-18-17-26-25(28-22(18)15-19-5-10-23(31-3)24(16-19)32-4)27-20-6-8-21(9-7-20)30-13-11-29(2)12-14-30;1-29-10-12-30(13-11-29)19-7-5-18(6-8-19)27-24-26-16-20(25)21(28-24)14-17-4-9-22(31-2)23(15-17)32-3;1-3-31-21-6-4-5-18(15-21)16-23-22(25)17-26-24(28-23)27-19-7-9-20(10-8-19)30-13-11-29(2)12-14-30;1-28-10-12-29(13-11-28)19-8-6-18(7-9-19)26-23-25-16-21(24)22(27-23)15-17-4-3-5-20(14-17)30-2/h5-10,16-17H,11-15H2,1-4H3,(H,26,27,28);4-9,15-16H,10-14H2,1-3H3,(H,26,27,28);4-10,15,17H,3,11-14,16H2,1-2H3,(H,26,27,28);3-9,14,16H,10-13,15H2,1-2H3,(H,25,26,27). The molecule has 0 radical (unpaired) electrons. The molecule has 4 fully saturated rings. The van der Waals surface area contributed by atoms with Crippen LogP contribution in [-0.2, 0) is 25.7 Å². The number of nitrogens with zero attached hydrogens (tertiary/aromatic N) is 16. The second kappa shape index (κ2) is 45.1. The van der Waals surface area contributed by atoms with Crippen molar-refractivity contribution in [3.05, 3.63) is 272 Å². The van der Waals surface area contributed by atoms with Gasteiger partial charge in [0.25, 0.3) is 0 Å². The lowest BCUT2D eigenvalue weighted by atomic mass is 10.1. The number of hydrogen-bond donors (Lipinski definition) is 4. The summed E-state index contributed by atoms with van der Waals surface area (Å²) in [4.78, 5) is 55.3. The minimum atomic E-state index is 0.511. The fourth-order valence-electron chi connectivity index (χ4n) is 14.7. The largest absolute Gasteiger partial charge is 0.497 e. The van der Waals surface area contributed by atoms with Crippen molar-refractivity contribution in [1.29, 1.82) is 0 Å². The highest BCUT2D eigenvalue weighted by Crippen LogP contribution is 2.34. The molecular formula is C96H113Cl3N20O6. The van der Waals surface area contributed by atoms with Crippen LogP contribution in [0.5, 0.6) is 34.5 Å². The highest BCUT2D eigenvalue weighted by atomic mass is 35.5. The number of likely N-dealkylation sites (N-methyl/N-ethyl adjacent to an activating group) is 4. The molecule has 0 spiro atoms. The van der Waals surface area contributed by atoms with Crippen molar-refractivity contribution in [2.45, 2.75) is 39.5 Å². The Morgan fingerprint density at radius 3 is 0.888 bits per heavy atom. The minimum absolute atomic E-state index is 0.511. The number of benzene rings is 8. The molecule has 0 bridgehead atoms. The van der Waals surface area contributed by atoms with Gasteiger partial charge in [0.05, 0.1) is 98.6 Å². The number of halogens is 3. The van der Waals surface area contributed by atoms with Crippen LogP contribution in [0.15, 0.2) is 207 Å². The lowest BCUT2D eigenvalue weighted by Gasteiger charge is -2.34. The first-order valence-electron chi connectivity index (χ1n) is 42.2. The summed E-state index contributed by atoms with van der Waals surface area (Å²) >= 11 is 19.1. The number of hydrogen-bond acceptors (Lipinski definition) is 26. The van der Waals surface area contributed by atoms with E-state index in [0.717, 1.165) is 201 Å². The van der Waals surface area contributed by atoms with Gasteiger partial charge in [-0.25, -0.2) is 39.9 Å². The molecule has 4 aliphatic rings. The van der Waals surface area contributed by atoms with Crippen molar-refractivity contribution in [2.24, 2.45) is 0 Å². The lowest BCUT2D eigenvalue weighted by Crippen LogP contribution is -2.44. The number of ether oxygens (including phenoxy) is 6. The first-order valence-corrected chi connectivity index (χ1v) is 43.3. The Morgan fingerprint density at radius 2 is 0.584 bits per heavy atom. The summed E-state index contributed by atoms with van der Waals surface area (Å²) in [6.07, 6.45) is 9.25. The molecule has 0 unspecified atom stereocenters. The van der Waals surface area contributed by atoms with Crippen LogP contribution in [0.4, 0.5) is 69.3 Å². The van der Waals surface area contributed by atoms with Crippen molar-refractivity contribution in [3.8, 4) is 34.5 Å². The van der Waals surface area contributed by atoms with Crippen molar-refractivity contribution < 1.29 is 28.4 Å². The highest BCUT2D eigenvalue weighted by Gasteiger charge is 2.22. The molecule has 12 aromatic rings. The van der Waals surface area contributed by atoms with Gasteiger partial charge in [-0.1, -0.05) is 71.2 Å². The average Bonchev–Trinajstić information content (AvgIpc) is 0.833. The zero-order chi connectivity index (χ0) is 87.6. The monoisotopic (exact) mass is 1750 g/mol. The van der Waals surface area contributed by atoms with Crippen molar-refractivity contribution >= 4 is 104 Å². The number of methoxy groups -OCH3 is 5. The molecule has 4 N–H and O–H groups in total.